The van der Waals surface area contributed by atoms with E-state index in [1.165, 1.54) is 14.2 Å². The average molecular weight is 306 g/mol. The summed E-state index contributed by atoms with van der Waals surface area (Å²) in [5.74, 6) is -0.346. The molecule has 0 saturated carbocycles. The molecule has 1 unspecified atom stereocenters. The number of hydrogen-bond donors (Lipinski definition) is 1. The predicted molar refractivity (Wildman–Crippen MR) is 82.8 cm³/mol. The monoisotopic (exact) mass is 306 g/mol. The van der Waals surface area contributed by atoms with Gasteiger partial charge < -0.3 is 10.1 Å². The molecule has 6 heteroatoms. The van der Waals surface area contributed by atoms with Gasteiger partial charge >= 0.3 is 6.09 Å². The van der Waals surface area contributed by atoms with Crippen LogP contribution in [0.1, 0.15) is 18.4 Å². The fourth-order valence-corrected chi connectivity index (χ4v) is 1.76. The molecule has 0 aliphatic rings. The molecule has 1 N–H and O–H groups in total. The highest BCUT2D eigenvalue weighted by molar-refractivity contribution is 5.84. The predicted octanol–water partition coefficient (Wildman–Crippen LogP) is 2.27. The van der Waals surface area contributed by atoms with Gasteiger partial charge in [0, 0.05) is 7.05 Å². The Balaban J connectivity index is 2.54. The third-order valence-electron chi connectivity index (χ3n) is 3.05. The fourth-order valence-electron chi connectivity index (χ4n) is 1.76. The zero-order chi connectivity index (χ0) is 16.4. The van der Waals surface area contributed by atoms with Crippen molar-refractivity contribution in [3.8, 4) is 0 Å². The zero-order valence-corrected chi connectivity index (χ0v) is 13.0. The van der Waals surface area contributed by atoms with Crippen LogP contribution >= 0.6 is 0 Å². The molecular weight excluding hydrogens is 284 g/mol. The first-order valence-electron chi connectivity index (χ1n) is 6.98. The Labute approximate surface area is 130 Å². The summed E-state index contributed by atoms with van der Waals surface area (Å²) in [7, 11) is 2.87. The molecule has 0 spiro atoms. The van der Waals surface area contributed by atoms with Gasteiger partial charge in [0.05, 0.1) is 7.11 Å². The quantitative estimate of drug-likeness (QED) is 0.591. The Bertz CT molecular complexity index is 490. The molecule has 1 aromatic rings. The van der Waals surface area contributed by atoms with Crippen molar-refractivity contribution in [1.29, 1.82) is 0 Å². The summed E-state index contributed by atoms with van der Waals surface area (Å²) in [5.41, 5.74) is 0.876. The summed E-state index contributed by atoms with van der Waals surface area (Å²) >= 11 is 0. The lowest BCUT2D eigenvalue weighted by atomic mass is 10.1. The number of rotatable bonds is 8. The highest BCUT2D eigenvalue weighted by Gasteiger charge is 2.24. The van der Waals surface area contributed by atoms with Crippen LogP contribution in [0, 0.1) is 0 Å². The van der Waals surface area contributed by atoms with Gasteiger partial charge in [-0.3, -0.25) is 9.63 Å². The number of carbonyl (C=O) groups is 2. The van der Waals surface area contributed by atoms with Gasteiger partial charge in [0.1, 0.15) is 12.6 Å². The molecule has 0 aromatic heterocycles. The minimum absolute atomic E-state index is 0.148. The highest BCUT2D eigenvalue weighted by Crippen LogP contribution is 2.05. The number of nitrogens with zero attached hydrogens (tertiary/aromatic N) is 1. The molecule has 22 heavy (non-hydrogen) atoms. The second kappa shape index (κ2) is 9.57. The minimum atomic E-state index is -0.716. The summed E-state index contributed by atoms with van der Waals surface area (Å²) in [6, 6.07) is 8.60. The number of hydroxylamine groups is 2. The van der Waals surface area contributed by atoms with E-state index in [4.69, 9.17) is 9.57 Å². The number of alkyl carbamates (subject to hydrolysis) is 1. The van der Waals surface area contributed by atoms with Gasteiger partial charge in [-0.15, -0.1) is 6.58 Å². The lowest BCUT2D eigenvalue weighted by Crippen LogP contribution is -2.47. The molecule has 1 atom stereocenters. The molecule has 0 bridgehead atoms. The molecule has 1 aromatic carbocycles. The number of nitrogens with one attached hydrogen (secondary N) is 1. The molecule has 0 aliphatic heterocycles. The van der Waals surface area contributed by atoms with Crippen LogP contribution in [0.5, 0.6) is 0 Å². The van der Waals surface area contributed by atoms with Gasteiger partial charge in [-0.25, -0.2) is 9.86 Å². The Morgan fingerprint density at radius 1 is 1.36 bits per heavy atom. The molecule has 0 fully saturated rings. The standard InChI is InChI=1S/C16H22N2O4/c1-4-5-11-14(15(19)18(2)21-3)17-16(20)22-12-13-9-7-6-8-10-13/h4,6-10,14H,1,5,11-12H2,2-3H3,(H,17,20). The fraction of sp³-hybridized carbons (Fsp3) is 0.375. The molecular formula is C16H22N2O4. The Kier molecular flexibility index (Phi) is 7.70. The molecule has 0 radical (unpaired) electrons. The van der Waals surface area contributed by atoms with Crippen molar-refractivity contribution in [3.05, 3.63) is 48.6 Å². The van der Waals surface area contributed by atoms with Crippen molar-refractivity contribution in [3.63, 3.8) is 0 Å². The van der Waals surface area contributed by atoms with E-state index in [1.807, 2.05) is 30.3 Å². The number of benzene rings is 1. The normalized spacial score (nSPS) is 11.4. The van der Waals surface area contributed by atoms with Crippen LogP contribution in [0.4, 0.5) is 4.79 Å². The lowest BCUT2D eigenvalue weighted by Gasteiger charge is -2.22. The van der Waals surface area contributed by atoms with Crippen molar-refractivity contribution < 1.29 is 19.2 Å². The summed E-state index contributed by atoms with van der Waals surface area (Å²) in [5, 5.41) is 3.63. The maximum Gasteiger partial charge on any atom is 0.408 e. The lowest BCUT2D eigenvalue weighted by molar-refractivity contribution is -0.171. The number of ether oxygens (including phenoxy) is 1. The van der Waals surface area contributed by atoms with E-state index in [-0.39, 0.29) is 12.5 Å². The van der Waals surface area contributed by atoms with Crippen LogP contribution in [-0.4, -0.2) is 37.3 Å². The van der Waals surface area contributed by atoms with E-state index in [0.29, 0.717) is 12.8 Å². The van der Waals surface area contributed by atoms with Gasteiger partial charge in [-0.1, -0.05) is 36.4 Å². The summed E-state index contributed by atoms with van der Waals surface area (Å²) in [6.45, 7) is 3.76. The molecule has 6 nitrogen and oxygen atoms in total. The SMILES string of the molecule is C=CCCC(NC(=O)OCc1ccccc1)C(=O)N(C)OC. The summed E-state index contributed by atoms with van der Waals surface area (Å²) < 4.78 is 5.11. The van der Waals surface area contributed by atoms with Crippen LogP contribution < -0.4 is 5.32 Å². The van der Waals surface area contributed by atoms with E-state index >= 15 is 0 Å². The van der Waals surface area contributed by atoms with Crippen LogP contribution in [-0.2, 0) is 21.0 Å². The van der Waals surface area contributed by atoms with Crippen molar-refractivity contribution in [1.82, 2.24) is 10.4 Å². The molecule has 2 amide bonds. The zero-order valence-electron chi connectivity index (χ0n) is 13.0. The second-order valence-electron chi connectivity index (χ2n) is 4.64. The smallest absolute Gasteiger partial charge is 0.408 e. The van der Waals surface area contributed by atoms with Gasteiger partial charge in [0.15, 0.2) is 0 Å². The first-order chi connectivity index (χ1) is 10.6. The van der Waals surface area contributed by atoms with Gasteiger partial charge in [-0.05, 0) is 18.4 Å². The van der Waals surface area contributed by atoms with Gasteiger partial charge in [0.25, 0.3) is 5.91 Å². The largest absolute Gasteiger partial charge is 0.445 e. The van der Waals surface area contributed by atoms with Crippen LogP contribution in [0.25, 0.3) is 0 Å². The van der Waals surface area contributed by atoms with E-state index in [1.54, 1.807) is 6.08 Å². The van der Waals surface area contributed by atoms with E-state index in [9.17, 15) is 9.59 Å². The molecule has 0 heterocycles. The third kappa shape index (κ3) is 5.97. The number of allylic oxidation sites excluding steroid dienone is 1. The highest BCUT2D eigenvalue weighted by atomic mass is 16.7. The van der Waals surface area contributed by atoms with Crippen LogP contribution in [0.2, 0.25) is 0 Å². The summed E-state index contributed by atoms with van der Waals surface area (Å²) in [4.78, 5) is 28.8. The van der Waals surface area contributed by atoms with E-state index in [2.05, 4.69) is 11.9 Å². The Morgan fingerprint density at radius 3 is 2.64 bits per heavy atom. The first-order valence-corrected chi connectivity index (χ1v) is 6.98. The number of likely N-dealkylation sites (N-methyl/N-ethyl adjacent to an activating group) is 1. The molecule has 0 saturated heterocycles. The molecule has 120 valence electrons. The van der Waals surface area contributed by atoms with Crippen molar-refractivity contribution in [2.45, 2.75) is 25.5 Å². The second-order valence-corrected chi connectivity index (χ2v) is 4.64. The van der Waals surface area contributed by atoms with Gasteiger partial charge in [0.2, 0.25) is 0 Å². The molecule has 1 rings (SSSR count). The Hall–Kier alpha value is -2.34. The van der Waals surface area contributed by atoms with Crippen molar-refractivity contribution in [2.24, 2.45) is 0 Å². The van der Waals surface area contributed by atoms with Crippen molar-refractivity contribution >= 4 is 12.0 Å². The van der Waals surface area contributed by atoms with E-state index in [0.717, 1.165) is 10.6 Å². The maximum atomic E-state index is 12.1. The topological polar surface area (TPSA) is 67.9 Å². The maximum absolute atomic E-state index is 12.1. The number of amides is 2. The average Bonchev–Trinajstić information content (AvgIpc) is 2.56. The number of hydrogen-bond acceptors (Lipinski definition) is 4. The third-order valence-corrected chi connectivity index (χ3v) is 3.05. The summed E-state index contributed by atoms with van der Waals surface area (Å²) in [6.07, 6.45) is 2.06. The van der Waals surface area contributed by atoms with Crippen molar-refractivity contribution in [2.75, 3.05) is 14.2 Å². The Morgan fingerprint density at radius 2 is 2.05 bits per heavy atom. The molecule has 0 aliphatic carbocycles. The van der Waals surface area contributed by atoms with E-state index < -0.39 is 12.1 Å². The first kappa shape index (κ1) is 17.7. The van der Waals surface area contributed by atoms with Gasteiger partial charge in [-0.2, -0.15) is 0 Å². The number of carbonyl (C=O) groups excluding carboxylic acids is 2. The van der Waals surface area contributed by atoms with Crippen LogP contribution in [0.15, 0.2) is 43.0 Å². The van der Waals surface area contributed by atoms with Crippen LogP contribution in [0.3, 0.4) is 0 Å². The minimum Gasteiger partial charge on any atom is -0.445 e.